The number of rotatable bonds is 4. The highest BCUT2D eigenvalue weighted by atomic mass is 16.5. The van der Waals surface area contributed by atoms with Gasteiger partial charge in [0.05, 0.1) is 7.11 Å². The van der Waals surface area contributed by atoms with Crippen molar-refractivity contribution in [2.24, 2.45) is 5.92 Å². The maximum absolute atomic E-state index is 5.51. The van der Waals surface area contributed by atoms with Crippen molar-refractivity contribution in [2.75, 3.05) is 20.2 Å². The summed E-state index contributed by atoms with van der Waals surface area (Å²) in [5.74, 6) is 1.31. The summed E-state index contributed by atoms with van der Waals surface area (Å²) >= 11 is 0. The van der Waals surface area contributed by atoms with Gasteiger partial charge in [-0.2, -0.15) is 4.80 Å². The highest BCUT2D eigenvalue weighted by Crippen LogP contribution is 2.34. The number of nitrogens with zero attached hydrogens (tertiary/aromatic N) is 4. The van der Waals surface area contributed by atoms with E-state index in [9.17, 15) is 0 Å². The van der Waals surface area contributed by atoms with E-state index >= 15 is 0 Å². The number of methoxy groups -OCH3 is 1. The van der Waals surface area contributed by atoms with Gasteiger partial charge in [0.2, 0.25) is 0 Å². The number of nitrogens with one attached hydrogen (secondary N) is 1. The van der Waals surface area contributed by atoms with Gasteiger partial charge in [0, 0.05) is 12.1 Å². The molecule has 106 valence electrons. The zero-order valence-corrected chi connectivity index (χ0v) is 11.6. The van der Waals surface area contributed by atoms with Crippen molar-refractivity contribution >= 4 is 0 Å². The van der Waals surface area contributed by atoms with Crippen molar-refractivity contribution in [1.82, 2.24) is 25.5 Å². The van der Waals surface area contributed by atoms with E-state index in [-0.39, 0.29) is 6.04 Å². The molecule has 20 heavy (non-hydrogen) atoms. The molecule has 3 rings (SSSR count). The van der Waals surface area contributed by atoms with E-state index in [0.717, 1.165) is 30.8 Å². The van der Waals surface area contributed by atoms with Crippen LogP contribution in [0.2, 0.25) is 0 Å². The molecule has 2 aromatic rings. The summed E-state index contributed by atoms with van der Waals surface area (Å²) in [5, 5.41) is 15.7. The Kier molecular flexibility index (Phi) is 3.92. The second-order valence-corrected chi connectivity index (χ2v) is 5.05. The van der Waals surface area contributed by atoms with E-state index in [4.69, 9.17) is 4.74 Å². The Hall–Kier alpha value is -1.95. The number of aromatic nitrogens is 4. The van der Waals surface area contributed by atoms with Crippen molar-refractivity contribution in [1.29, 1.82) is 0 Å². The first-order valence-electron chi connectivity index (χ1n) is 6.96. The Morgan fingerprint density at radius 3 is 3.00 bits per heavy atom. The predicted molar refractivity (Wildman–Crippen MR) is 74.5 cm³/mol. The molecule has 6 heteroatoms. The van der Waals surface area contributed by atoms with Gasteiger partial charge in [0.15, 0.2) is 6.33 Å². The maximum atomic E-state index is 5.51. The van der Waals surface area contributed by atoms with Crippen molar-refractivity contribution in [3.8, 4) is 5.75 Å². The molecule has 6 nitrogen and oxygen atoms in total. The molecule has 0 saturated carbocycles. The molecule has 0 amide bonds. The van der Waals surface area contributed by atoms with Crippen LogP contribution >= 0.6 is 0 Å². The lowest BCUT2D eigenvalue weighted by Crippen LogP contribution is -2.36. The first-order chi connectivity index (χ1) is 9.90. The van der Waals surface area contributed by atoms with Gasteiger partial charge in [0.1, 0.15) is 11.8 Å². The van der Waals surface area contributed by atoms with E-state index in [2.05, 4.69) is 26.8 Å². The minimum Gasteiger partial charge on any atom is -0.496 e. The molecular formula is C14H19N5O. The fraction of sp³-hybridized carbons (Fsp3) is 0.500. The summed E-state index contributed by atoms with van der Waals surface area (Å²) < 4.78 is 5.51. The normalized spacial score (nSPS) is 20.6. The van der Waals surface area contributed by atoms with Crippen LogP contribution in [0, 0.1) is 5.92 Å². The van der Waals surface area contributed by atoms with Crippen LogP contribution in [0.25, 0.3) is 0 Å². The Balaban J connectivity index is 2.00. The molecule has 0 unspecified atom stereocenters. The monoisotopic (exact) mass is 273 g/mol. The number of benzene rings is 1. The highest BCUT2D eigenvalue weighted by molar-refractivity contribution is 5.36. The summed E-state index contributed by atoms with van der Waals surface area (Å²) in [7, 11) is 1.70. The lowest BCUT2D eigenvalue weighted by Gasteiger charge is -2.30. The number of para-hydroxylation sites is 1. The first kappa shape index (κ1) is 13.1. The summed E-state index contributed by atoms with van der Waals surface area (Å²) in [6, 6.07) is 8.13. The van der Waals surface area contributed by atoms with E-state index in [1.165, 1.54) is 12.7 Å². The fourth-order valence-corrected chi connectivity index (χ4v) is 2.93. The lowest BCUT2D eigenvalue weighted by molar-refractivity contribution is 0.255. The van der Waals surface area contributed by atoms with Gasteiger partial charge in [-0.15, -0.1) is 10.2 Å². The molecule has 0 aliphatic carbocycles. The number of tetrazole rings is 1. The maximum Gasteiger partial charge on any atom is 0.162 e. The summed E-state index contributed by atoms with van der Waals surface area (Å²) in [6.45, 7) is 2.05. The van der Waals surface area contributed by atoms with Crippen LogP contribution in [0.15, 0.2) is 30.6 Å². The van der Waals surface area contributed by atoms with Crippen molar-refractivity contribution in [2.45, 2.75) is 18.9 Å². The highest BCUT2D eigenvalue weighted by Gasteiger charge is 2.30. The number of hydrogen-bond acceptors (Lipinski definition) is 5. The van der Waals surface area contributed by atoms with E-state index in [1.807, 2.05) is 18.2 Å². The average molecular weight is 273 g/mol. The fourth-order valence-electron chi connectivity index (χ4n) is 2.93. The molecule has 0 radical (unpaired) electrons. The zero-order chi connectivity index (χ0) is 13.8. The number of hydrogen-bond donors (Lipinski definition) is 1. The topological polar surface area (TPSA) is 64.9 Å². The molecular weight excluding hydrogens is 254 g/mol. The van der Waals surface area contributed by atoms with Crippen LogP contribution in [-0.2, 0) is 0 Å². The SMILES string of the molecule is COc1ccccc1[C@H]([C@H]1CCCNC1)n1ncnn1. The third kappa shape index (κ3) is 2.51. The van der Waals surface area contributed by atoms with Crippen LogP contribution in [-0.4, -0.2) is 40.4 Å². The van der Waals surface area contributed by atoms with Gasteiger partial charge >= 0.3 is 0 Å². The van der Waals surface area contributed by atoms with Crippen molar-refractivity contribution in [3.63, 3.8) is 0 Å². The van der Waals surface area contributed by atoms with Gasteiger partial charge in [-0.1, -0.05) is 18.2 Å². The smallest absolute Gasteiger partial charge is 0.162 e. The molecule has 1 aliphatic rings. The predicted octanol–water partition coefficient (Wildman–Crippen LogP) is 1.27. The average Bonchev–Trinajstić information content (AvgIpc) is 3.03. The van der Waals surface area contributed by atoms with Gasteiger partial charge < -0.3 is 10.1 Å². The first-order valence-corrected chi connectivity index (χ1v) is 6.96. The van der Waals surface area contributed by atoms with E-state index in [1.54, 1.807) is 11.9 Å². The minimum atomic E-state index is 0.0569. The molecule has 1 N–H and O–H groups in total. The summed E-state index contributed by atoms with van der Waals surface area (Å²) in [4.78, 5) is 1.70. The van der Waals surface area contributed by atoms with Gasteiger partial charge in [0.25, 0.3) is 0 Å². The van der Waals surface area contributed by atoms with Crippen LogP contribution in [0.3, 0.4) is 0 Å². The van der Waals surface area contributed by atoms with E-state index in [0.29, 0.717) is 5.92 Å². The molecule has 0 spiro atoms. The standard InChI is InChI=1S/C14H19N5O/c1-20-13-7-3-2-6-12(13)14(19-17-10-16-18-19)11-5-4-8-15-9-11/h2-3,6-7,10-11,14-15H,4-5,8-9H2,1H3/t11-,14-/m0/s1. The lowest BCUT2D eigenvalue weighted by atomic mass is 9.87. The van der Waals surface area contributed by atoms with Crippen molar-refractivity contribution < 1.29 is 4.74 Å². The van der Waals surface area contributed by atoms with Crippen molar-refractivity contribution in [3.05, 3.63) is 36.2 Å². The van der Waals surface area contributed by atoms with Gasteiger partial charge in [-0.25, -0.2) is 0 Å². The van der Waals surface area contributed by atoms with Crippen LogP contribution in [0.4, 0.5) is 0 Å². The quantitative estimate of drug-likeness (QED) is 0.909. The second kappa shape index (κ2) is 6.00. The Morgan fingerprint density at radius 1 is 1.40 bits per heavy atom. The van der Waals surface area contributed by atoms with Crippen LogP contribution < -0.4 is 10.1 Å². The molecule has 1 aliphatic heterocycles. The summed E-state index contributed by atoms with van der Waals surface area (Å²) in [5.41, 5.74) is 1.11. The Bertz CT molecular complexity index is 536. The molecule has 1 aromatic carbocycles. The summed E-state index contributed by atoms with van der Waals surface area (Å²) in [6.07, 6.45) is 3.81. The Morgan fingerprint density at radius 2 is 2.30 bits per heavy atom. The second-order valence-electron chi connectivity index (χ2n) is 5.05. The molecule has 1 aromatic heterocycles. The largest absolute Gasteiger partial charge is 0.496 e. The minimum absolute atomic E-state index is 0.0569. The van der Waals surface area contributed by atoms with E-state index < -0.39 is 0 Å². The molecule has 1 saturated heterocycles. The molecule has 1 fully saturated rings. The number of ether oxygens (including phenoxy) is 1. The molecule has 2 heterocycles. The zero-order valence-electron chi connectivity index (χ0n) is 11.6. The van der Waals surface area contributed by atoms with Gasteiger partial charge in [-0.05, 0) is 36.6 Å². The molecule has 2 atom stereocenters. The third-order valence-electron chi connectivity index (χ3n) is 3.85. The van der Waals surface area contributed by atoms with Crippen LogP contribution in [0.5, 0.6) is 5.75 Å². The van der Waals surface area contributed by atoms with Gasteiger partial charge in [-0.3, -0.25) is 0 Å². The molecule has 0 bridgehead atoms. The Labute approximate surface area is 118 Å². The van der Waals surface area contributed by atoms with Crippen LogP contribution in [0.1, 0.15) is 24.4 Å². The number of piperidine rings is 1. The third-order valence-corrected chi connectivity index (χ3v) is 3.85.